The van der Waals surface area contributed by atoms with Crippen molar-refractivity contribution in [3.8, 4) is 0 Å². The summed E-state index contributed by atoms with van der Waals surface area (Å²) in [6.07, 6.45) is -0.226. The molecule has 0 aliphatic carbocycles. The topological polar surface area (TPSA) is 159 Å². The van der Waals surface area contributed by atoms with Gasteiger partial charge in [-0.3, -0.25) is 20.2 Å². The molecule has 2 N–H and O–H groups in total. The van der Waals surface area contributed by atoms with E-state index < -0.39 is 39.8 Å². The summed E-state index contributed by atoms with van der Waals surface area (Å²) in [7, 11) is 0. The molecule has 0 aliphatic rings. The van der Waals surface area contributed by atoms with Gasteiger partial charge in [-0.2, -0.15) is 0 Å². The molecular weight excluding hydrogens is 297 g/mol. The second-order valence-corrected chi connectivity index (χ2v) is 3.74. The molecule has 0 bridgehead atoms. The Balaban J connectivity index is 0.00000400. The smallest absolute Gasteiger partial charge is 0.548 e. The van der Waals surface area contributed by atoms with Gasteiger partial charge in [0.05, 0.1) is 27.9 Å². The van der Waals surface area contributed by atoms with Crippen LogP contribution in [0.5, 0.6) is 0 Å². The van der Waals surface area contributed by atoms with Gasteiger partial charge >= 0.3 is 29.6 Å². The molecule has 0 radical (unpaired) electrons. The van der Waals surface area contributed by atoms with Crippen LogP contribution in [0.2, 0.25) is 0 Å². The first-order chi connectivity index (χ1) is 9.36. The molecule has 21 heavy (non-hydrogen) atoms. The van der Waals surface area contributed by atoms with Gasteiger partial charge in [0.15, 0.2) is 0 Å². The first-order valence-electron chi connectivity index (χ1n) is 5.38. The van der Waals surface area contributed by atoms with Crippen LogP contribution < -0.4 is 40.0 Å². The van der Waals surface area contributed by atoms with Crippen LogP contribution in [0, 0.1) is 20.2 Å². The number of hydrogen-bond donors (Lipinski definition) is 2. The first-order valence-corrected chi connectivity index (χ1v) is 5.38. The van der Waals surface area contributed by atoms with Gasteiger partial charge in [-0.15, -0.1) is 0 Å². The summed E-state index contributed by atoms with van der Waals surface area (Å²) in [5.74, 6) is -1.55. The van der Waals surface area contributed by atoms with E-state index in [4.69, 9.17) is 5.11 Å². The van der Waals surface area contributed by atoms with Crippen molar-refractivity contribution in [1.29, 1.82) is 0 Å². The number of carbonyl (C=O) groups excluding carboxylic acids is 1. The number of nitro benzene ring substituents is 2. The number of carbonyl (C=O) groups is 1. The van der Waals surface area contributed by atoms with Gasteiger partial charge in [-0.25, -0.2) is 0 Å². The van der Waals surface area contributed by atoms with Crippen LogP contribution in [0.15, 0.2) is 18.2 Å². The molecule has 0 amide bonds. The maximum absolute atomic E-state index is 10.8. The van der Waals surface area contributed by atoms with Gasteiger partial charge in [-0.1, -0.05) is 0 Å². The monoisotopic (exact) mass is 307 g/mol. The molecule has 0 saturated heterocycles. The summed E-state index contributed by atoms with van der Waals surface area (Å²) in [5, 5.41) is 43.2. The molecule has 0 unspecified atom stereocenters. The molecule has 0 aromatic heterocycles. The van der Waals surface area contributed by atoms with Crippen molar-refractivity contribution in [3.05, 3.63) is 38.4 Å². The third-order valence-corrected chi connectivity index (χ3v) is 2.42. The van der Waals surface area contributed by atoms with E-state index in [0.717, 1.165) is 12.1 Å². The van der Waals surface area contributed by atoms with Crippen LogP contribution in [-0.2, 0) is 4.79 Å². The van der Waals surface area contributed by atoms with E-state index in [0.29, 0.717) is 6.07 Å². The predicted molar refractivity (Wildman–Crippen MR) is 63.9 cm³/mol. The molecule has 0 heterocycles. The van der Waals surface area contributed by atoms with E-state index in [1.165, 1.54) is 0 Å². The van der Waals surface area contributed by atoms with Crippen LogP contribution >= 0.6 is 0 Å². The summed E-state index contributed by atoms with van der Waals surface area (Å²) in [6.45, 7) is -0.466. The molecule has 0 saturated carbocycles. The molecule has 1 aromatic carbocycles. The molecule has 0 fully saturated rings. The second-order valence-electron chi connectivity index (χ2n) is 3.74. The normalized spacial score (nSPS) is 11.1. The van der Waals surface area contributed by atoms with Crippen molar-refractivity contribution in [3.63, 3.8) is 0 Å². The average Bonchev–Trinajstić information content (AvgIpc) is 2.37. The van der Waals surface area contributed by atoms with Gasteiger partial charge in [0.1, 0.15) is 5.69 Å². The Labute approximate surface area is 140 Å². The number of hydrogen-bond acceptors (Lipinski definition) is 8. The molecule has 0 spiro atoms. The van der Waals surface area contributed by atoms with Crippen molar-refractivity contribution >= 4 is 23.0 Å². The number of non-ortho nitro benzene ring substituents is 1. The maximum Gasteiger partial charge on any atom is 1.00 e. The Kier molecular flexibility index (Phi) is 7.81. The third kappa shape index (κ3) is 5.27. The van der Waals surface area contributed by atoms with Crippen LogP contribution in [0.25, 0.3) is 0 Å². The van der Waals surface area contributed by atoms with Crippen molar-refractivity contribution in [1.82, 2.24) is 0 Å². The number of benzene rings is 1. The van der Waals surface area contributed by atoms with Crippen LogP contribution in [0.3, 0.4) is 0 Å². The summed E-state index contributed by atoms with van der Waals surface area (Å²) >= 11 is 0. The summed E-state index contributed by atoms with van der Waals surface area (Å²) in [6, 6.07) is 1.40. The second kappa shape index (κ2) is 8.52. The van der Waals surface area contributed by atoms with Gasteiger partial charge < -0.3 is 20.3 Å². The van der Waals surface area contributed by atoms with Crippen LogP contribution in [0.4, 0.5) is 17.1 Å². The molecule has 108 valence electrons. The zero-order valence-electron chi connectivity index (χ0n) is 11.0. The van der Waals surface area contributed by atoms with E-state index in [2.05, 4.69) is 5.32 Å². The molecule has 1 aromatic rings. The number of anilines is 1. The number of nitrogens with one attached hydrogen (secondary N) is 1. The molecule has 1 rings (SSSR count). The quantitative estimate of drug-likeness (QED) is 0.297. The predicted octanol–water partition coefficient (Wildman–Crippen LogP) is -3.58. The Hall–Kier alpha value is -1.75. The van der Waals surface area contributed by atoms with Crippen molar-refractivity contribution in [2.75, 3.05) is 11.9 Å². The molecular formula is C10H10N3NaO7. The first kappa shape index (κ1) is 19.2. The largest absolute Gasteiger partial charge is 1.00 e. The van der Waals surface area contributed by atoms with E-state index in [9.17, 15) is 30.1 Å². The molecule has 11 heteroatoms. The zero-order chi connectivity index (χ0) is 15.3. The minimum atomic E-state index is -1.55. The standard InChI is InChI=1S/C10H11N3O7.Na/c14-4-3-8(10(15)16)11-7-2-1-6(12(17)18)5-9(7)13(19)20;/h1-2,5,8,11,14H,3-4H2,(H,15,16);/q;+1/p-1/t8-;/m0./s1. The minimum Gasteiger partial charge on any atom is -0.548 e. The Bertz CT molecular complexity index is 551. The van der Waals surface area contributed by atoms with Gasteiger partial charge in [-0.05, 0) is 12.5 Å². The van der Waals surface area contributed by atoms with E-state index in [-0.39, 0.29) is 41.7 Å². The number of nitro groups is 2. The number of rotatable bonds is 7. The van der Waals surface area contributed by atoms with Crippen LogP contribution in [-0.4, -0.2) is 33.6 Å². The summed E-state index contributed by atoms with van der Waals surface area (Å²) in [4.78, 5) is 30.5. The Morgan fingerprint density at radius 1 is 1.29 bits per heavy atom. The minimum absolute atomic E-state index is 0. The maximum atomic E-state index is 10.8. The number of aliphatic carboxylic acids is 1. The molecule has 10 nitrogen and oxygen atoms in total. The van der Waals surface area contributed by atoms with Crippen molar-refractivity contribution in [2.24, 2.45) is 0 Å². The Morgan fingerprint density at radius 3 is 2.33 bits per heavy atom. The number of carboxylic acids is 1. The van der Waals surface area contributed by atoms with E-state index >= 15 is 0 Å². The number of aliphatic hydroxyl groups excluding tert-OH is 1. The fraction of sp³-hybridized carbons (Fsp3) is 0.300. The van der Waals surface area contributed by atoms with E-state index in [1.807, 2.05) is 0 Å². The zero-order valence-corrected chi connectivity index (χ0v) is 13.0. The number of aliphatic hydroxyl groups is 1. The van der Waals surface area contributed by atoms with Gasteiger partial charge in [0, 0.05) is 12.7 Å². The summed E-state index contributed by atoms with van der Waals surface area (Å²) in [5.41, 5.74) is -1.33. The number of nitrogens with zero attached hydrogens (tertiary/aromatic N) is 2. The molecule has 1 atom stereocenters. The fourth-order valence-electron chi connectivity index (χ4n) is 1.47. The number of carboxylic acid groups (broad SMARTS) is 1. The van der Waals surface area contributed by atoms with E-state index in [1.54, 1.807) is 0 Å². The third-order valence-electron chi connectivity index (χ3n) is 2.42. The van der Waals surface area contributed by atoms with Gasteiger partial charge in [0.25, 0.3) is 11.4 Å². The average molecular weight is 307 g/mol. The van der Waals surface area contributed by atoms with Gasteiger partial charge in [0.2, 0.25) is 0 Å². The van der Waals surface area contributed by atoms with Crippen molar-refractivity contribution < 1.29 is 54.4 Å². The fourth-order valence-corrected chi connectivity index (χ4v) is 1.47. The SMILES string of the molecule is O=C([O-])[C@H](CCO)Nc1ccc([N+](=O)[O-])cc1[N+](=O)[O-].[Na+]. The summed E-state index contributed by atoms with van der Waals surface area (Å²) < 4.78 is 0. The van der Waals surface area contributed by atoms with Crippen molar-refractivity contribution in [2.45, 2.75) is 12.5 Å². The molecule has 0 aliphatic heterocycles. The van der Waals surface area contributed by atoms with Crippen LogP contribution in [0.1, 0.15) is 6.42 Å². The Morgan fingerprint density at radius 2 is 1.90 bits per heavy atom.